The van der Waals surface area contributed by atoms with Gasteiger partial charge in [0.1, 0.15) is 0 Å². The number of aromatic nitrogens is 2. The van der Waals surface area contributed by atoms with Gasteiger partial charge in [-0.25, -0.2) is 0 Å². The Morgan fingerprint density at radius 2 is 1.76 bits per heavy atom. The number of benzene rings is 2. The van der Waals surface area contributed by atoms with Crippen molar-refractivity contribution in [3.63, 3.8) is 0 Å². The predicted molar refractivity (Wildman–Crippen MR) is 113 cm³/mol. The fourth-order valence-corrected chi connectivity index (χ4v) is 3.33. The van der Waals surface area contributed by atoms with Gasteiger partial charge >= 0.3 is 0 Å². The number of nitrogens with zero attached hydrogens (tertiary/aromatic N) is 2. The highest BCUT2D eigenvalue weighted by Gasteiger charge is 2.29. The van der Waals surface area contributed by atoms with Crippen molar-refractivity contribution in [1.82, 2.24) is 9.78 Å². The summed E-state index contributed by atoms with van der Waals surface area (Å²) in [5.41, 5.74) is 3.92. The zero-order chi connectivity index (χ0) is 20.2. The van der Waals surface area contributed by atoms with E-state index < -0.39 is 0 Å². The second-order valence-corrected chi connectivity index (χ2v) is 7.30. The molecule has 1 aromatic heterocycles. The largest absolute Gasteiger partial charge is 0.326 e. The molecule has 0 bridgehead atoms. The van der Waals surface area contributed by atoms with Crippen LogP contribution in [0.4, 0.5) is 11.4 Å². The highest BCUT2D eigenvalue weighted by molar-refractivity contribution is 6.05. The third-order valence-electron chi connectivity index (χ3n) is 5.04. The zero-order valence-electron chi connectivity index (χ0n) is 16.4. The van der Waals surface area contributed by atoms with Crippen molar-refractivity contribution in [1.29, 1.82) is 0 Å². The normalized spacial score (nSPS) is 13.1. The molecule has 148 valence electrons. The Labute approximate surface area is 169 Å². The van der Waals surface area contributed by atoms with Crippen LogP contribution in [0.2, 0.25) is 0 Å². The minimum atomic E-state index is -0.202. The Kier molecular flexibility index (Phi) is 5.42. The first-order valence-electron chi connectivity index (χ1n) is 9.95. The van der Waals surface area contributed by atoms with Crippen LogP contribution in [0.25, 0.3) is 0 Å². The van der Waals surface area contributed by atoms with E-state index in [9.17, 15) is 9.59 Å². The molecule has 0 radical (unpaired) electrons. The Morgan fingerprint density at radius 1 is 1.03 bits per heavy atom. The lowest BCUT2D eigenvalue weighted by Gasteiger charge is -2.10. The summed E-state index contributed by atoms with van der Waals surface area (Å²) in [6, 6.07) is 17.3. The van der Waals surface area contributed by atoms with Gasteiger partial charge in [-0.1, -0.05) is 43.3 Å². The van der Waals surface area contributed by atoms with Gasteiger partial charge in [-0.2, -0.15) is 5.10 Å². The van der Waals surface area contributed by atoms with Gasteiger partial charge < -0.3 is 10.6 Å². The third kappa shape index (κ3) is 4.54. The molecular formula is C23H24N4O2. The second kappa shape index (κ2) is 8.31. The van der Waals surface area contributed by atoms with Crippen LogP contribution in [-0.2, 0) is 17.8 Å². The number of carbonyl (C=O) groups is 2. The van der Waals surface area contributed by atoms with Gasteiger partial charge in [-0.05, 0) is 43.0 Å². The number of anilines is 2. The molecule has 1 saturated carbocycles. The molecule has 0 spiro atoms. The van der Waals surface area contributed by atoms with Crippen molar-refractivity contribution in [2.45, 2.75) is 32.7 Å². The summed E-state index contributed by atoms with van der Waals surface area (Å²) in [7, 11) is 0. The second-order valence-electron chi connectivity index (χ2n) is 7.30. The van der Waals surface area contributed by atoms with E-state index in [0.29, 0.717) is 29.9 Å². The predicted octanol–water partition coefficient (Wildman–Crippen LogP) is 4.09. The summed E-state index contributed by atoms with van der Waals surface area (Å²) < 4.78 is 1.87. The molecule has 1 aliphatic carbocycles. The zero-order valence-corrected chi connectivity index (χ0v) is 16.4. The molecule has 2 amide bonds. The average molecular weight is 388 g/mol. The van der Waals surface area contributed by atoms with Crippen molar-refractivity contribution >= 4 is 23.2 Å². The average Bonchev–Trinajstić information content (AvgIpc) is 3.50. The summed E-state index contributed by atoms with van der Waals surface area (Å²) in [6.45, 7) is 2.64. The summed E-state index contributed by atoms with van der Waals surface area (Å²) in [6.07, 6.45) is 4.23. The first-order chi connectivity index (χ1) is 14.1. The van der Waals surface area contributed by atoms with E-state index in [1.54, 1.807) is 12.3 Å². The van der Waals surface area contributed by atoms with Crippen molar-refractivity contribution < 1.29 is 9.59 Å². The van der Waals surface area contributed by atoms with Crippen LogP contribution in [-0.4, -0.2) is 21.6 Å². The van der Waals surface area contributed by atoms with Crippen molar-refractivity contribution in [3.8, 4) is 0 Å². The molecule has 4 rings (SSSR count). The monoisotopic (exact) mass is 388 g/mol. The highest BCUT2D eigenvalue weighted by Crippen LogP contribution is 2.30. The van der Waals surface area contributed by atoms with Gasteiger partial charge in [-0.3, -0.25) is 14.3 Å². The van der Waals surface area contributed by atoms with E-state index >= 15 is 0 Å². The molecule has 3 aromatic rings. The molecule has 2 N–H and O–H groups in total. The molecule has 29 heavy (non-hydrogen) atoms. The molecule has 2 aromatic carbocycles. The van der Waals surface area contributed by atoms with Crippen LogP contribution in [0.5, 0.6) is 0 Å². The SMILES string of the molecule is CCc1c(C(=O)Nc2cccc(NC(=O)C3CC3)c2)cnn1Cc1ccccc1. The first kappa shape index (κ1) is 18.9. The number of amides is 2. The Hall–Kier alpha value is -3.41. The van der Waals surface area contributed by atoms with E-state index in [0.717, 1.165) is 24.1 Å². The number of carbonyl (C=O) groups excluding carboxylic acids is 2. The summed E-state index contributed by atoms with van der Waals surface area (Å²) in [5.74, 6) is -0.0217. The number of hydrogen-bond acceptors (Lipinski definition) is 3. The molecule has 1 fully saturated rings. The maximum atomic E-state index is 12.9. The minimum Gasteiger partial charge on any atom is -0.326 e. The van der Waals surface area contributed by atoms with Gasteiger partial charge in [-0.15, -0.1) is 0 Å². The summed E-state index contributed by atoms with van der Waals surface area (Å²) >= 11 is 0. The van der Waals surface area contributed by atoms with Gasteiger partial charge in [0.15, 0.2) is 0 Å². The molecule has 1 heterocycles. The van der Waals surface area contributed by atoms with Gasteiger partial charge in [0.2, 0.25) is 5.91 Å². The molecule has 1 aliphatic rings. The third-order valence-corrected chi connectivity index (χ3v) is 5.04. The van der Waals surface area contributed by atoms with Crippen molar-refractivity contribution in [3.05, 3.63) is 77.6 Å². The number of rotatable bonds is 7. The van der Waals surface area contributed by atoms with Crippen LogP contribution in [0, 0.1) is 5.92 Å². The lowest BCUT2D eigenvalue weighted by Crippen LogP contribution is -2.16. The maximum Gasteiger partial charge on any atom is 0.259 e. The van der Waals surface area contributed by atoms with Gasteiger partial charge in [0.05, 0.1) is 24.0 Å². The Bertz CT molecular complexity index is 1020. The van der Waals surface area contributed by atoms with E-state index in [-0.39, 0.29) is 17.7 Å². The summed E-state index contributed by atoms with van der Waals surface area (Å²) in [5, 5.41) is 10.3. The number of nitrogens with one attached hydrogen (secondary N) is 2. The maximum absolute atomic E-state index is 12.9. The lowest BCUT2D eigenvalue weighted by atomic mass is 10.1. The van der Waals surface area contributed by atoms with Crippen LogP contribution in [0.3, 0.4) is 0 Å². The highest BCUT2D eigenvalue weighted by atomic mass is 16.2. The van der Waals surface area contributed by atoms with Crippen LogP contribution in [0.1, 0.15) is 41.4 Å². The molecular weight excluding hydrogens is 364 g/mol. The molecule has 0 unspecified atom stereocenters. The van der Waals surface area contributed by atoms with Gasteiger partial charge in [0.25, 0.3) is 5.91 Å². The fraction of sp³-hybridized carbons (Fsp3) is 0.261. The van der Waals surface area contributed by atoms with Crippen LogP contribution in [0.15, 0.2) is 60.8 Å². The fourth-order valence-electron chi connectivity index (χ4n) is 3.33. The Balaban J connectivity index is 1.47. The molecule has 0 aliphatic heterocycles. The first-order valence-corrected chi connectivity index (χ1v) is 9.95. The van der Waals surface area contributed by atoms with Crippen molar-refractivity contribution in [2.75, 3.05) is 10.6 Å². The van der Waals surface area contributed by atoms with E-state index in [4.69, 9.17) is 0 Å². The van der Waals surface area contributed by atoms with E-state index in [1.165, 1.54) is 0 Å². The van der Waals surface area contributed by atoms with E-state index in [1.807, 2.05) is 60.1 Å². The number of hydrogen-bond donors (Lipinski definition) is 2. The molecule has 6 heteroatoms. The Morgan fingerprint density at radius 3 is 2.45 bits per heavy atom. The quantitative estimate of drug-likeness (QED) is 0.640. The topological polar surface area (TPSA) is 76.0 Å². The van der Waals surface area contributed by atoms with Gasteiger partial charge in [0, 0.05) is 17.3 Å². The standard InChI is InChI=1S/C23H24N4O2/c1-2-21-20(14-24-27(21)15-16-7-4-3-5-8-16)23(29)26-19-10-6-9-18(13-19)25-22(28)17-11-12-17/h3-10,13-14,17H,2,11-12,15H2,1H3,(H,25,28)(H,26,29). The lowest BCUT2D eigenvalue weighted by molar-refractivity contribution is -0.117. The smallest absolute Gasteiger partial charge is 0.259 e. The van der Waals surface area contributed by atoms with Crippen LogP contribution >= 0.6 is 0 Å². The molecule has 0 saturated heterocycles. The minimum absolute atomic E-state index is 0.0453. The molecule has 6 nitrogen and oxygen atoms in total. The van der Waals surface area contributed by atoms with Crippen LogP contribution < -0.4 is 10.6 Å². The van der Waals surface area contributed by atoms with Crippen molar-refractivity contribution in [2.24, 2.45) is 5.92 Å². The molecule has 0 atom stereocenters. The van der Waals surface area contributed by atoms with E-state index in [2.05, 4.69) is 15.7 Å². The summed E-state index contributed by atoms with van der Waals surface area (Å²) in [4.78, 5) is 24.8.